The summed E-state index contributed by atoms with van der Waals surface area (Å²) in [6.45, 7) is 0.427. The number of rotatable bonds is 9. The second-order valence-electron chi connectivity index (χ2n) is 7.35. The number of pyridine rings is 1. The van der Waals surface area contributed by atoms with Crippen LogP contribution in [0.5, 0.6) is 5.75 Å². The van der Waals surface area contributed by atoms with Crippen molar-refractivity contribution in [3.8, 4) is 16.9 Å². The van der Waals surface area contributed by atoms with Crippen molar-refractivity contribution in [1.82, 2.24) is 9.97 Å². The van der Waals surface area contributed by atoms with Crippen LogP contribution in [-0.2, 0) is 24.2 Å². The van der Waals surface area contributed by atoms with Gasteiger partial charge in [-0.2, -0.15) is 0 Å². The quantitative estimate of drug-likeness (QED) is 0.393. The van der Waals surface area contributed by atoms with Crippen LogP contribution in [0, 0.1) is 0 Å². The molecule has 0 atom stereocenters. The van der Waals surface area contributed by atoms with E-state index in [-0.39, 0.29) is 6.42 Å². The van der Waals surface area contributed by atoms with E-state index in [1.807, 2.05) is 79.0 Å². The molecular weight excluding hydrogens is 388 g/mol. The highest BCUT2D eigenvalue weighted by molar-refractivity contribution is 5.71. The molecule has 5 heteroatoms. The van der Waals surface area contributed by atoms with Crippen LogP contribution in [0.3, 0.4) is 0 Å². The topological polar surface area (TPSA) is 75.2 Å². The van der Waals surface area contributed by atoms with E-state index in [9.17, 15) is 9.90 Å². The molecule has 4 aromatic rings. The van der Waals surface area contributed by atoms with Gasteiger partial charge in [-0.15, -0.1) is 0 Å². The minimum absolute atomic E-state index is 0.102. The van der Waals surface area contributed by atoms with Crippen molar-refractivity contribution in [3.05, 3.63) is 108 Å². The van der Waals surface area contributed by atoms with Gasteiger partial charge in [0.25, 0.3) is 0 Å². The van der Waals surface area contributed by atoms with Crippen molar-refractivity contribution >= 4 is 5.97 Å². The van der Waals surface area contributed by atoms with Gasteiger partial charge in [0, 0.05) is 36.5 Å². The fourth-order valence-electron chi connectivity index (χ4n) is 3.59. The van der Waals surface area contributed by atoms with Crippen LogP contribution in [0.25, 0.3) is 11.1 Å². The monoisotopic (exact) mass is 412 g/mol. The molecule has 0 aliphatic carbocycles. The maximum atomic E-state index is 11.2. The Hall–Kier alpha value is -3.86. The van der Waals surface area contributed by atoms with Crippen molar-refractivity contribution in [2.75, 3.05) is 0 Å². The van der Waals surface area contributed by atoms with Crippen LogP contribution in [0.1, 0.15) is 28.9 Å². The minimum atomic E-state index is -0.791. The SMILES string of the molecule is O=C(O)CCc1c(-c2ccccc2)c[nH]c1Cc1ccc(OCc2ccccn2)cc1. The summed E-state index contributed by atoms with van der Waals surface area (Å²) in [6, 6.07) is 23.8. The molecule has 0 spiro atoms. The first kappa shape index (κ1) is 20.4. The van der Waals surface area contributed by atoms with E-state index >= 15 is 0 Å². The lowest BCUT2D eigenvalue weighted by Crippen LogP contribution is -2.01. The fourth-order valence-corrected chi connectivity index (χ4v) is 3.59. The molecule has 2 aromatic carbocycles. The molecule has 2 N–H and O–H groups in total. The summed E-state index contributed by atoms with van der Waals surface area (Å²) in [5, 5.41) is 9.19. The van der Waals surface area contributed by atoms with Gasteiger partial charge in [0.15, 0.2) is 0 Å². The van der Waals surface area contributed by atoms with E-state index in [4.69, 9.17) is 4.74 Å². The zero-order valence-corrected chi connectivity index (χ0v) is 17.1. The van der Waals surface area contributed by atoms with E-state index in [2.05, 4.69) is 9.97 Å². The number of aromatic amines is 1. The molecule has 0 saturated carbocycles. The number of benzene rings is 2. The first-order chi connectivity index (χ1) is 15.2. The largest absolute Gasteiger partial charge is 0.487 e. The van der Waals surface area contributed by atoms with Gasteiger partial charge >= 0.3 is 5.97 Å². The molecule has 2 heterocycles. The minimum Gasteiger partial charge on any atom is -0.487 e. The summed E-state index contributed by atoms with van der Waals surface area (Å²) in [5.41, 5.74) is 6.26. The predicted octanol–water partition coefficient (Wildman–Crippen LogP) is 5.26. The Morgan fingerprint density at radius 2 is 1.74 bits per heavy atom. The molecule has 0 aliphatic heterocycles. The molecule has 0 unspecified atom stereocenters. The van der Waals surface area contributed by atoms with Crippen LogP contribution >= 0.6 is 0 Å². The van der Waals surface area contributed by atoms with Gasteiger partial charge in [-0.1, -0.05) is 48.5 Å². The summed E-state index contributed by atoms with van der Waals surface area (Å²) in [5.74, 6) is -0.00228. The number of carboxylic acid groups (broad SMARTS) is 1. The van der Waals surface area contributed by atoms with Crippen LogP contribution in [0.2, 0.25) is 0 Å². The fraction of sp³-hybridized carbons (Fsp3) is 0.154. The van der Waals surface area contributed by atoms with Gasteiger partial charge in [0.2, 0.25) is 0 Å². The maximum absolute atomic E-state index is 11.2. The molecule has 0 amide bonds. The number of nitrogens with zero attached hydrogens (tertiary/aromatic N) is 1. The van der Waals surface area contributed by atoms with Gasteiger partial charge in [-0.25, -0.2) is 0 Å². The predicted molar refractivity (Wildman–Crippen MR) is 120 cm³/mol. The number of hydrogen-bond donors (Lipinski definition) is 2. The van der Waals surface area contributed by atoms with Gasteiger partial charge in [-0.3, -0.25) is 9.78 Å². The Balaban J connectivity index is 1.49. The van der Waals surface area contributed by atoms with Gasteiger partial charge in [-0.05, 0) is 47.4 Å². The van der Waals surface area contributed by atoms with Crippen LogP contribution in [0.15, 0.2) is 85.2 Å². The Morgan fingerprint density at radius 3 is 2.45 bits per heavy atom. The van der Waals surface area contributed by atoms with Crippen LogP contribution in [-0.4, -0.2) is 21.0 Å². The molecular formula is C26H24N2O3. The van der Waals surface area contributed by atoms with Gasteiger partial charge < -0.3 is 14.8 Å². The van der Waals surface area contributed by atoms with E-state index in [1.54, 1.807) is 6.20 Å². The molecule has 2 aromatic heterocycles. The number of hydrogen-bond acceptors (Lipinski definition) is 3. The Morgan fingerprint density at radius 1 is 0.968 bits per heavy atom. The number of ether oxygens (including phenoxy) is 1. The summed E-state index contributed by atoms with van der Waals surface area (Å²) < 4.78 is 5.81. The lowest BCUT2D eigenvalue weighted by molar-refractivity contribution is -0.136. The highest BCUT2D eigenvalue weighted by Crippen LogP contribution is 2.29. The number of H-pyrrole nitrogens is 1. The van der Waals surface area contributed by atoms with Crippen LogP contribution < -0.4 is 4.74 Å². The number of aliphatic carboxylic acids is 1. The first-order valence-electron chi connectivity index (χ1n) is 10.3. The Kier molecular flexibility index (Phi) is 6.43. The highest BCUT2D eigenvalue weighted by atomic mass is 16.5. The molecule has 0 bridgehead atoms. The zero-order valence-electron chi connectivity index (χ0n) is 17.1. The highest BCUT2D eigenvalue weighted by Gasteiger charge is 2.14. The van der Waals surface area contributed by atoms with Crippen molar-refractivity contribution < 1.29 is 14.6 Å². The van der Waals surface area contributed by atoms with E-state index in [0.29, 0.717) is 19.4 Å². The summed E-state index contributed by atoms with van der Waals surface area (Å²) in [6.07, 6.45) is 5.02. The Bertz CT molecular complexity index is 1120. The average molecular weight is 412 g/mol. The maximum Gasteiger partial charge on any atom is 0.303 e. The molecule has 0 radical (unpaired) electrons. The lowest BCUT2D eigenvalue weighted by atomic mass is 9.97. The summed E-state index contributed by atoms with van der Waals surface area (Å²) in [4.78, 5) is 18.8. The van der Waals surface area contributed by atoms with Crippen molar-refractivity contribution in [2.24, 2.45) is 0 Å². The summed E-state index contributed by atoms with van der Waals surface area (Å²) >= 11 is 0. The normalized spacial score (nSPS) is 10.7. The molecule has 5 nitrogen and oxygen atoms in total. The summed E-state index contributed by atoms with van der Waals surface area (Å²) in [7, 11) is 0. The first-order valence-corrected chi connectivity index (χ1v) is 10.3. The number of aromatic nitrogens is 2. The van der Waals surface area contributed by atoms with Crippen molar-refractivity contribution in [1.29, 1.82) is 0 Å². The molecule has 0 fully saturated rings. The lowest BCUT2D eigenvalue weighted by Gasteiger charge is -2.09. The molecule has 156 valence electrons. The molecule has 0 saturated heterocycles. The van der Waals surface area contributed by atoms with Gasteiger partial charge in [0.1, 0.15) is 12.4 Å². The van der Waals surface area contributed by atoms with E-state index < -0.39 is 5.97 Å². The average Bonchev–Trinajstić information content (AvgIpc) is 3.21. The second-order valence-corrected chi connectivity index (χ2v) is 7.35. The van der Waals surface area contributed by atoms with Crippen LogP contribution in [0.4, 0.5) is 0 Å². The third-order valence-corrected chi connectivity index (χ3v) is 5.17. The van der Waals surface area contributed by atoms with E-state index in [1.165, 1.54) is 0 Å². The molecule has 0 aliphatic rings. The third-order valence-electron chi connectivity index (χ3n) is 5.17. The standard InChI is InChI=1S/C26H24N2O3/c29-26(30)14-13-23-24(20-6-2-1-3-7-20)17-28-25(23)16-19-9-11-22(12-10-19)31-18-21-8-4-5-15-27-21/h1-12,15,17,28H,13-14,16,18H2,(H,29,30). The number of carboxylic acids is 1. The zero-order chi connectivity index (χ0) is 21.5. The van der Waals surface area contributed by atoms with Crippen molar-refractivity contribution in [3.63, 3.8) is 0 Å². The van der Waals surface area contributed by atoms with Crippen molar-refractivity contribution in [2.45, 2.75) is 25.9 Å². The second kappa shape index (κ2) is 9.76. The molecule has 31 heavy (non-hydrogen) atoms. The van der Waals surface area contributed by atoms with Gasteiger partial charge in [0.05, 0.1) is 5.69 Å². The number of carbonyl (C=O) groups is 1. The Labute approximate surface area is 181 Å². The molecule has 4 rings (SSSR count). The smallest absolute Gasteiger partial charge is 0.303 e. The third kappa shape index (κ3) is 5.39. The number of nitrogens with one attached hydrogen (secondary N) is 1. The van der Waals surface area contributed by atoms with E-state index in [0.717, 1.165) is 39.4 Å².